The van der Waals surface area contributed by atoms with Crippen LogP contribution >= 0.6 is 0 Å². The van der Waals surface area contributed by atoms with Crippen LogP contribution in [0.25, 0.3) is 0 Å². The highest BCUT2D eigenvalue weighted by molar-refractivity contribution is 5.39. The smallest absolute Gasteiger partial charge is 0.122 e. The largest absolute Gasteiger partial charge is 0.493 e. The fourth-order valence-corrected chi connectivity index (χ4v) is 2.78. The molecule has 3 N–H and O–H groups in total. The first kappa shape index (κ1) is 14.0. The Morgan fingerprint density at radius 2 is 2.24 bits per heavy atom. The van der Waals surface area contributed by atoms with Gasteiger partial charge >= 0.3 is 0 Å². The van der Waals surface area contributed by atoms with Crippen LogP contribution in [-0.4, -0.2) is 17.6 Å². The molecule has 1 unspecified atom stereocenters. The van der Waals surface area contributed by atoms with Crippen molar-refractivity contribution in [1.29, 1.82) is 0 Å². The van der Waals surface area contributed by atoms with Crippen LogP contribution in [0.5, 0.6) is 5.75 Å². The van der Waals surface area contributed by atoms with Gasteiger partial charge in [0.05, 0.1) is 6.61 Å². The molecule has 3 rings (SSSR count). The highest BCUT2D eigenvalue weighted by Crippen LogP contribution is 2.26. The number of benzene rings is 1. The average Bonchev–Trinajstić information content (AvgIpc) is 3.00. The number of pyridine rings is 1. The van der Waals surface area contributed by atoms with Crippen molar-refractivity contribution in [3.05, 3.63) is 59.4 Å². The molecular weight excluding hydrogens is 262 g/mol. The minimum Gasteiger partial charge on any atom is -0.493 e. The third-order valence-corrected chi connectivity index (χ3v) is 3.98. The number of aromatic nitrogens is 1. The molecule has 4 heteroatoms. The lowest BCUT2D eigenvalue weighted by molar-refractivity contribution is 0.357. The van der Waals surface area contributed by atoms with E-state index in [1.807, 2.05) is 12.3 Å². The molecule has 0 saturated heterocycles. The summed E-state index contributed by atoms with van der Waals surface area (Å²) in [7, 11) is 0. The number of hydrogen-bond acceptors (Lipinski definition) is 4. The van der Waals surface area contributed by atoms with Crippen molar-refractivity contribution in [1.82, 2.24) is 10.4 Å². The van der Waals surface area contributed by atoms with Gasteiger partial charge < -0.3 is 4.74 Å². The molecule has 0 saturated carbocycles. The number of ether oxygens (including phenoxy) is 1. The molecule has 2 heterocycles. The maximum absolute atomic E-state index is 5.68. The summed E-state index contributed by atoms with van der Waals surface area (Å²) < 4.78 is 5.54. The van der Waals surface area contributed by atoms with Gasteiger partial charge in [-0.25, -0.2) is 0 Å². The number of hydrazine groups is 1. The predicted molar refractivity (Wildman–Crippen MR) is 83.0 cm³/mol. The molecule has 1 atom stereocenters. The van der Waals surface area contributed by atoms with Crippen LogP contribution in [0.15, 0.2) is 42.7 Å². The van der Waals surface area contributed by atoms with Crippen molar-refractivity contribution < 1.29 is 4.74 Å². The van der Waals surface area contributed by atoms with Gasteiger partial charge in [-0.2, -0.15) is 0 Å². The lowest BCUT2D eigenvalue weighted by Gasteiger charge is -2.16. The molecule has 1 aromatic heterocycles. The van der Waals surface area contributed by atoms with Crippen LogP contribution in [-0.2, 0) is 19.3 Å². The molecule has 1 aromatic carbocycles. The fraction of sp³-hybridized carbons (Fsp3) is 0.353. The molecule has 0 aliphatic carbocycles. The van der Waals surface area contributed by atoms with Crippen molar-refractivity contribution in [2.24, 2.45) is 5.84 Å². The summed E-state index contributed by atoms with van der Waals surface area (Å²) in [6.07, 6.45) is 7.64. The van der Waals surface area contributed by atoms with Gasteiger partial charge in [-0.1, -0.05) is 18.2 Å². The molecule has 0 radical (unpaired) electrons. The van der Waals surface area contributed by atoms with Crippen molar-refractivity contribution in [2.45, 2.75) is 31.7 Å². The SMILES string of the molecule is NNC(CCc1ccc2c(c1)CCO2)Cc1cccnc1. The number of hydrogen-bond donors (Lipinski definition) is 2. The Hall–Kier alpha value is -1.91. The fourth-order valence-electron chi connectivity index (χ4n) is 2.78. The minimum atomic E-state index is 0.263. The van der Waals surface area contributed by atoms with Gasteiger partial charge in [0.2, 0.25) is 0 Å². The van der Waals surface area contributed by atoms with E-state index >= 15 is 0 Å². The Bertz CT molecular complexity index is 586. The third-order valence-electron chi connectivity index (χ3n) is 3.98. The van der Waals surface area contributed by atoms with Gasteiger partial charge in [-0.15, -0.1) is 0 Å². The van der Waals surface area contributed by atoms with Crippen molar-refractivity contribution >= 4 is 0 Å². The second kappa shape index (κ2) is 6.70. The molecule has 110 valence electrons. The van der Waals surface area contributed by atoms with Crippen molar-refractivity contribution in [2.75, 3.05) is 6.61 Å². The zero-order chi connectivity index (χ0) is 14.5. The van der Waals surface area contributed by atoms with E-state index in [2.05, 4.69) is 34.7 Å². The zero-order valence-electron chi connectivity index (χ0n) is 12.1. The third kappa shape index (κ3) is 3.60. The Morgan fingerprint density at radius 1 is 1.29 bits per heavy atom. The highest BCUT2D eigenvalue weighted by Gasteiger charge is 2.13. The number of rotatable bonds is 6. The standard InChI is InChI=1S/C17H21N3O/c18-20-16(11-14-2-1-8-19-12-14)5-3-13-4-6-17-15(10-13)7-9-21-17/h1-2,4,6,8,10,12,16,20H,3,5,7,9,11,18H2. The van der Waals surface area contributed by atoms with Crippen LogP contribution in [0.3, 0.4) is 0 Å². The molecule has 0 bridgehead atoms. The van der Waals surface area contributed by atoms with Gasteiger partial charge in [0.25, 0.3) is 0 Å². The second-order valence-corrected chi connectivity index (χ2v) is 5.51. The molecule has 4 nitrogen and oxygen atoms in total. The average molecular weight is 283 g/mol. The van der Waals surface area contributed by atoms with Crippen LogP contribution in [0.1, 0.15) is 23.1 Å². The van der Waals surface area contributed by atoms with E-state index < -0.39 is 0 Å². The first-order valence-corrected chi connectivity index (χ1v) is 7.45. The molecule has 1 aliphatic heterocycles. The van der Waals surface area contributed by atoms with Gasteiger partial charge in [0, 0.05) is 24.9 Å². The second-order valence-electron chi connectivity index (χ2n) is 5.51. The van der Waals surface area contributed by atoms with E-state index in [1.54, 1.807) is 6.20 Å². The van der Waals surface area contributed by atoms with E-state index in [-0.39, 0.29) is 6.04 Å². The van der Waals surface area contributed by atoms with Gasteiger partial charge in [0.15, 0.2) is 0 Å². The van der Waals surface area contributed by atoms with Crippen molar-refractivity contribution in [3.8, 4) is 5.75 Å². The van der Waals surface area contributed by atoms with Crippen LogP contribution in [0.4, 0.5) is 0 Å². The zero-order valence-corrected chi connectivity index (χ0v) is 12.1. The van der Waals surface area contributed by atoms with E-state index in [9.17, 15) is 0 Å². The quantitative estimate of drug-likeness (QED) is 0.629. The molecule has 1 aliphatic rings. The Labute approximate surface area is 125 Å². The Morgan fingerprint density at radius 3 is 3.05 bits per heavy atom. The number of aryl methyl sites for hydroxylation is 1. The van der Waals surface area contributed by atoms with Crippen molar-refractivity contribution in [3.63, 3.8) is 0 Å². The highest BCUT2D eigenvalue weighted by atomic mass is 16.5. The van der Waals surface area contributed by atoms with Crippen LogP contribution in [0.2, 0.25) is 0 Å². The summed E-state index contributed by atoms with van der Waals surface area (Å²) in [5.74, 6) is 6.73. The predicted octanol–water partition coefficient (Wildman–Crippen LogP) is 2.02. The molecule has 0 spiro atoms. The van der Waals surface area contributed by atoms with E-state index in [1.165, 1.54) is 16.7 Å². The van der Waals surface area contributed by atoms with E-state index in [0.29, 0.717) is 0 Å². The Kier molecular flexibility index (Phi) is 4.48. The summed E-state index contributed by atoms with van der Waals surface area (Å²) in [4.78, 5) is 4.15. The number of fused-ring (bicyclic) bond motifs is 1. The summed E-state index contributed by atoms with van der Waals surface area (Å²) >= 11 is 0. The molecule has 0 fully saturated rings. The van der Waals surface area contributed by atoms with E-state index in [0.717, 1.165) is 38.0 Å². The molecule has 0 amide bonds. The van der Waals surface area contributed by atoms with Gasteiger partial charge in [0.1, 0.15) is 5.75 Å². The normalized spacial score (nSPS) is 14.5. The summed E-state index contributed by atoms with van der Waals surface area (Å²) in [5.41, 5.74) is 6.81. The maximum atomic E-state index is 5.68. The van der Waals surface area contributed by atoms with Crippen LogP contribution < -0.4 is 16.0 Å². The summed E-state index contributed by atoms with van der Waals surface area (Å²) in [6.45, 7) is 0.812. The number of nitrogens with zero attached hydrogens (tertiary/aromatic N) is 1. The molecular formula is C17H21N3O. The van der Waals surface area contributed by atoms with Gasteiger partial charge in [-0.05, 0) is 48.1 Å². The topological polar surface area (TPSA) is 60.2 Å². The first-order chi connectivity index (χ1) is 10.3. The molecule has 21 heavy (non-hydrogen) atoms. The summed E-state index contributed by atoms with van der Waals surface area (Å²) in [5, 5.41) is 0. The summed E-state index contributed by atoms with van der Waals surface area (Å²) in [6, 6.07) is 10.8. The maximum Gasteiger partial charge on any atom is 0.122 e. The Balaban J connectivity index is 1.58. The van der Waals surface area contributed by atoms with Gasteiger partial charge in [-0.3, -0.25) is 16.3 Å². The molecule has 2 aromatic rings. The first-order valence-electron chi connectivity index (χ1n) is 7.45. The monoisotopic (exact) mass is 283 g/mol. The number of nitrogens with two attached hydrogens (primary N) is 1. The number of nitrogens with one attached hydrogen (secondary N) is 1. The lowest BCUT2D eigenvalue weighted by Crippen LogP contribution is -2.37. The lowest BCUT2D eigenvalue weighted by atomic mass is 9.99. The van der Waals surface area contributed by atoms with E-state index in [4.69, 9.17) is 10.6 Å². The minimum absolute atomic E-state index is 0.263. The van der Waals surface area contributed by atoms with Crippen LogP contribution in [0, 0.1) is 0 Å².